The number of aromatic nitrogens is 1. The first-order chi connectivity index (χ1) is 9.52. The predicted molar refractivity (Wildman–Crippen MR) is 77.2 cm³/mol. The molecule has 102 valence electrons. The van der Waals surface area contributed by atoms with Crippen LogP contribution in [0.15, 0.2) is 47.6 Å². The van der Waals surface area contributed by atoms with Crippen molar-refractivity contribution in [2.45, 2.75) is 26.2 Å². The number of aliphatic imine (C=N–C) groups is 1. The number of benzene rings is 1. The fraction of sp³-hybridized carbons (Fsp3) is 0.250. The molecule has 1 heterocycles. The highest BCUT2D eigenvalue weighted by Crippen LogP contribution is 2.35. The van der Waals surface area contributed by atoms with Crippen LogP contribution in [0.3, 0.4) is 0 Å². The second kappa shape index (κ2) is 5.68. The number of pyridine rings is 1. The van der Waals surface area contributed by atoms with Gasteiger partial charge in [-0.15, -0.1) is 0 Å². The Morgan fingerprint density at radius 3 is 2.60 bits per heavy atom. The summed E-state index contributed by atoms with van der Waals surface area (Å²) in [5.74, 6) is 1.01. The molecule has 20 heavy (non-hydrogen) atoms. The van der Waals surface area contributed by atoms with Crippen molar-refractivity contribution in [3.8, 4) is 11.6 Å². The van der Waals surface area contributed by atoms with Crippen molar-refractivity contribution in [3.63, 3.8) is 0 Å². The maximum absolute atomic E-state index is 10.4. The Kier molecular flexibility index (Phi) is 3.97. The number of ether oxygens (including phenoxy) is 1. The molecule has 0 aliphatic carbocycles. The van der Waals surface area contributed by atoms with Crippen LogP contribution in [0.5, 0.6) is 11.6 Å². The summed E-state index contributed by atoms with van der Waals surface area (Å²) in [4.78, 5) is 18.2. The van der Waals surface area contributed by atoms with E-state index in [-0.39, 0.29) is 5.41 Å². The number of hydrogen-bond acceptors (Lipinski definition) is 4. The molecule has 0 atom stereocenters. The predicted octanol–water partition coefficient (Wildman–Crippen LogP) is 4.14. The first-order valence-electron chi connectivity index (χ1n) is 6.32. The molecular weight excluding hydrogens is 252 g/mol. The van der Waals surface area contributed by atoms with E-state index in [1.165, 1.54) is 6.08 Å². The summed E-state index contributed by atoms with van der Waals surface area (Å²) in [5.41, 5.74) is 1.37. The SMILES string of the molecule is CC(C)(C)c1ccccc1Oc1ncccc1N=C=O. The zero-order valence-corrected chi connectivity index (χ0v) is 11.8. The van der Waals surface area contributed by atoms with E-state index in [2.05, 4.69) is 30.7 Å². The van der Waals surface area contributed by atoms with Gasteiger partial charge in [-0.2, -0.15) is 4.99 Å². The molecule has 0 aliphatic heterocycles. The topological polar surface area (TPSA) is 51.6 Å². The van der Waals surface area contributed by atoms with Gasteiger partial charge in [0.15, 0.2) is 0 Å². The molecule has 0 saturated heterocycles. The van der Waals surface area contributed by atoms with Gasteiger partial charge >= 0.3 is 0 Å². The van der Waals surface area contributed by atoms with Crippen LogP contribution in [0.1, 0.15) is 26.3 Å². The number of nitrogens with zero attached hydrogens (tertiary/aromatic N) is 2. The molecule has 4 heteroatoms. The zero-order valence-electron chi connectivity index (χ0n) is 11.8. The molecule has 0 aliphatic rings. The molecule has 1 aromatic carbocycles. The van der Waals surface area contributed by atoms with Crippen LogP contribution in [-0.2, 0) is 10.2 Å². The van der Waals surface area contributed by atoms with Crippen LogP contribution < -0.4 is 4.74 Å². The quantitative estimate of drug-likeness (QED) is 0.621. The van der Waals surface area contributed by atoms with Gasteiger partial charge in [0, 0.05) is 11.8 Å². The van der Waals surface area contributed by atoms with Gasteiger partial charge in [0.1, 0.15) is 11.4 Å². The summed E-state index contributed by atoms with van der Waals surface area (Å²) < 4.78 is 5.84. The third kappa shape index (κ3) is 3.11. The third-order valence-electron chi connectivity index (χ3n) is 2.82. The van der Waals surface area contributed by atoms with E-state index < -0.39 is 0 Å². The monoisotopic (exact) mass is 268 g/mol. The number of para-hydroxylation sites is 1. The van der Waals surface area contributed by atoms with Crippen LogP contribution in [0.25, 0.3) is 0 Å². The molecule has 2 aromatic rings. The maximum atomic E-state index is 10.4. The first-order valence-corrected chi connectivity index (χ1v) is 6.32. The van der Waals surface area contributed by atoms with Crippen LogP contribution >= 0.6 is 0 Å². The van der Waals surface area contributed by atoms with Crippen molar-refractivity contribution in [2.24, 2.45) is 4.99 Å². The Bertz CT molecular complexity index is 654. The standard InChI is InChI=1S/C16H16N2O2/c1-16(2,3)12-7-4-5-9-14(12)20-15-13(18-11-19)8-6-10-17-15/h4-10H,1-3H3. The largest absolute Gasteiger partial charge is 0.437 e. The average molecular weight is 268 g/mol. The van der Waals surface area contributed by atoms with Crippen molar-refractivity contribution >= 4 is 11.8 Å². The van der Waals surface area contributed by atoms with Crippen molar-refractivity contribution in [1.82, 2.24) is 4.98 Å². The maximum Gasteiger partial charge on any atom is 0.246 e. The van der Waals surface area contributed by atoms with Gasteiger partial charge in [0.25, 0.3) is 0 Å². The first kappa shape index (κ1) is 14.0. The Morgan fingerprint density at radius 2 is 1.90 bits per heavy atom. The summed E-state index contributed by atoms with van der Waals surface area (Å²) in [5, 5.41) is 0. The van der Waals surface area contributed by atoms with Gasteiger partial charge in [0.05, 0.1) is 0 Å². The Labute approximate surface area is 118 Å². The van der Waals surface area contributed by atoms with Gasteiger partial charge in [-0.25, -0.2) is 9.78 Å². The molecule has 0 amide bonds. The Balaban J connectivity index is 2.43. The van der Waals surface area contributed by atoms with E-state index in [0.29, 0.717) is 17.3 Å². The van der Waals surface area contributed by atoms with Crippen LogP contribution in [0.4, 0.5) is 5.69 Å². The summed E-state index contributed by atoms with van der Waals surface area (Å²) in [6, 6.07) is 11.1. The minimum Gasteiger partial charge on any atom is -0.437 e. The minimum absolute atomic E-state index is 0.0561. The molecule has 2 rings (SSSR count). The Morgan fingerprint density at radius 1 is 1.15 bits per heavy atom. The lowest BCUT2D eigenvalue weighted by Crippen LogP contribution is -2.12. The van der Waals surface area contributed by atoms with E-state index in [9.17, 15) is 4.79 Å². The fourth-order valence-electron chi connectivity index (χ4n) is 1.87. The van der Waals surface area contributed by atoms with Crippen molar-refractivity contribution in [3.05, 3.63) is 48.2 Å². The average Bonchev–Trinajstić information content (AvgIpc) is 2.41. The molecule has 0 N–H and O–H groups in total. The van der Waals surface area contributed by atoms with Gasteiger partial charge in [-0.1, -0.05) is 39.0 Å². The smallest absolute Gasteiger partial charge is 0.246 e. The summed E-state index contributed by atoms with van der Waals surface area (Å²) in [7, 11) is 0. The highest BCUT2D eigenvalue weighted by molar-refractivity contribution is 5.55. The second-order valence-corrected chi connectivity index (χ2v) is 5.38. The lowest BCUT2D eigenvalue weighted by atomic mass is 9.86. The number of hydrogen-bond donors (Lipinski definition) is 0. The molecule has 0 spiro atoms. The van der Waals surface area contributed by atoms with Gasteiger partial charge in [0.2, 0.25) is 12.0 Å². The third-order valence-corrected chi connectivity index (χ3v) is 2.82. The summed E-state index contributed by atoms with van der Waals surface area (Å²) in [6.07, 6.45) is 3.11. The lowest BCUT2D eigenvalue weighted by molar-refractivity contribution is 0.441. The molecule has 0 radical (unpaired) electrons. The van der Waals surface area contributed by atoms with Gasteiger partial charge in [-0.3, -0.25) is 0 Å². The zero-order chi connectivity index (χ0) is 14.6. The van der Waals surface area contributed by atoms with Gasteiger partial charge < -0.3 is 4.74 Å². The minimum atomic E-state index is -0.0561. The molecular formula is C16H16N2O2. The normalized spacial score (nSPS) is 10.8. The van der Waals surface area contributed by atoms with E-state index in [0.717, 1.165) is 5.56 Å². The molecule has 0 bridgehead atoms. The summed E-state index contributed by atoms with van der Waals surface area (Å²) >= 11 is 0. The van der Waals surface area contributed by atoms with Crippen molar-refractivity contribution < 1.29 is 9.53 Å². The fourth-order valence-corrected chi connectivity index (χ4v) is 1.87. The molecule has 1 aromatic heterocycles. The van der Waals surface area contributed by atoms with Crippen molar-refractivity contribution in [1.29, 1.82) is 0 Å². The van der Waals surface area contributed by atoms with Crippen LogP contribution in [0.2, 0.25) is 0 Å². The molecule has 0 unspecified atom stereocenters. The number of isocyanates is 1. The van der Waals surface area contributed by atoms with E-state index in [1.807, 2.05) is 24.3 Å². The molecule has 0 saturated carbocycles. The second-order valence-electron chi connectivity index (χ2n) is 5.38. The van der Waals surface area contributed by atoms with E-state index in [4.69, 9.17) is 4.74 Å². The van der Waals surface area contributed by atoms with Crippen molar-refractivity contribution in [2.75, 3.05) is 0 Å². The van der Waals surface area contributed by atoms with Crippen LogP contribution in [0, 0.1) is 0 Å². The van der Waals surface area contributed by atoms with Gasteiger partial charge in [-0.05, 0) is 23.6 Å². The van der Waals surface area contributed by atoms with E-state index >= 15 is 0 Å². The number of carbonyl (C=O) groups excluding carboxylic acids is 1. The van der Waals surface area contributed by atoms with E-state index in [1.54, 1.807) is 18.3 Å². The van der Waals surface area contributed by atoms with Crippen LogP contribution in [-0.4, -0.2) is 11.1 Å². The summed E-state index contributed by atoms with van der Waals surface area (Å²) in [6.45, 7) is 6.33. The molecule has 4 nitrogen and oxygen atoms in total. The lowest BCUT2D eigenvalue weighted by Gasteiger charge is -2.22. The number of rotatable bonds is 3. The molecule has 0 fully saturated rings. The Hall–Kier alpha value is -2.45. The highest BCUT2D eigenvalue weighted by atomic mass is 16.5. The highest BCUT2D eigenvalue weighted by Gasteiger charge is 2.19.